The summed E-state index contributed by atoms with van der Waals surface area (Å²) in [5, 5.41) is 7.00. The van der Waals surface area contributed by atoms with Crippen LogP contribution in [0.1, 0.15) is 57.9 Å². The molecule has 8 heteroatoms. The number of aromatic nitrogens is 1. The maximum atomic E-state index is 13.2. The van der Waals surface area contributed by atoms with E-state index < -0.39 is 5.54 Å². The molecule has 8 nitrogen and oxygen atoms in total. The molecule has 1 aromatic rings. The van der Waals surface area contributed by atoms with Crippen LogP contribution < -0.4 is 5.32 Å². The number of nitrogens with one attached hydrogen (secondary N) is 1. The molecule has 1 saturated carbocycles. The molecular formula is C22H35N5O3. The molecule has 0 atom stereocenters. The number of rotatable bonds is 4. The molecule has 3 amide bonds. The SMILES string of the molecule is Cc1cc(CN2CCN(CN3C(=O)NC4(CCC(C(C)(C)C)CC4)C3=O)CC2)on1. The minimum absolute atomic E-state index is 0.0283. The van der Waals surface area contributed by atoms with Crippen molar-refractivity contribution in [3.05, 3.63) is 17.5 Å². The van der Waals surface area contributed by atoms with Crippen molar-refractivity contribution in [3.63, 3.8) is 0 Å². The minimum Gasteiger partial charge on any atom is -0.360 e. The molecule has 166 valence electrons. The molecule has 3 fully saturated rings. The number of hydrogen-bond donors (Lipinski definition) is 1. The van der Waals surface area contributed by atoms with E-state index in [0.29, 0.717) is 12.6 Å². The predicted molar refractivity (Wildman–Crippen MR) is 112 cm³/mol. The lowest BCUT2D eigenvalue weighted by molar-refractivity contribution is -0.134. The molecule has 1 aromatic heterocycles. The first-order valence-corrected chi connectivity index (χ1v) is 11.2. The molecule has 1 N–H and O–H groups in total. The quantitative estimate of drug-likeness (QED) is 0.759. The van der Waals surface area contributed by atoms with Crippen LogP contribution in [0.5, 0.6) is 0 Å². The average molecular weight is 418 g/mol. The number of carbonyl (C=O) groups is 2. The molecule has 0 bridgehead atoms. The molecule has 0 unspecified atom stereocenters. The van der Waals surface area contributed by atoms with Crippen LogP contribution in [-0.2, 0) is 11.3 Å². The highest BCUT2D eigenvalue weighted by Gasteiger charge is 2.53. The second-order valence-electron chi connectivity index (χ2n) is 10.4. The van der Waals surface area contributed by atoms with Gasteiger partial charge in [0.05, 0.1) is 18.9 Å². The third-order valence-corrected chi connectivity index (χ3v) is 7.17. The molecule has 2 aliphatic heterocycles. The summed E-state index contributed by atoms with van der Waals surface area (Å²) in [5.74, 6) is 1.45. The van der Waals surface area contributed by atoms with Gasteiger partial charge in [-0.2, -0.15) is 0 Å². The lowest BCUT2D eigenvalue weighted by Crippen LogP contribution is -2.53. The van der Waals surface area contributed by atoms with Gasteiger partial charge in [0.25, 0.3) is 5.91 Å². The van der Waals surface area contributed by atoms with E-state index >= 15 is 0 Å². The number of hydrogen-bond acceptors (Lipinski definition) is 6. The number of amides is 3. The average Bonchev–Trinajstić information content (AvgIpc) is 3.19. The van der Waals surface area contributed by atoms with Gasteiger partial charge in [-0.25, -0.2) is 9.69 Å². The van der Waals surface area contributed by atoms with E-state index in [1.807, 2.05) is 13.0 Å². The molecule has 3 heterocycles. The van der Waals surface area contributed by atoms with Crippen molar-refractivity contribution in [2.24, 2.45) is 11.3 Å². The second kappa shape index (κ2) is 7.96. The van der Waals surface area contributed by atoms with Crippen molar-refractivity contribution in [2.45, 2.75) is 65.5 Å². The van der Waals surface area contributed by atoms with Gasteiger partial charge in [-0.15, -0.1) is 0 Å². The highest BCUT2D eigenvalue weighted by atomic mass is 16.5. The van der Waals surface area contributed by atoms with Crippen molar-refractivity contribution in [1.82, 2.24) is 25.2 Å². The van der Waals surface area contributed by atoms with Gasteiger partial charge in [0.2, 0.25) is 0 Å². The second-order valence-corrected chi connectivity index (χ2v) is 10.4. The van der Waals surface area contributed by atoms with Gasteiger partial charge in [0, 0.05) is 32.2 Å². The van der Waals surface area contributed by atoms with Crippen LogP contribution in [0.3, 0.4) is 0 Å². The molecule has 0 radical (unpaired) electrons. The summed E-state index contributed by atoms with van der Waals surface area (Å²) in [6.07, 6.45) is 3.48. The molecule has 1 spiro atoms. The van der Waals surface area contributed by atoms with Crippen molar-refractivity contribution < 1.29 is 14.1 Å². The zero-order chi connectivity index (χ0) is 21.5. The lowest BCUT2D eigenvalue weighted by Gasteiger charge is -2.40. The van der Waals surface area contributed by atoms with Crippen LogP contribution >= 0.6 is 0 Å². The van der Waals surface area contributed by atoms with Gasteiger partial charge in [0.15, 0.2) is 5.76 Å². The molecule has 4 rings (SSSR count). The Morgan fingerprint density at radius 2 is 1.77 bits per heavy atom. The van der Waals surface area contributed by atoms with Gasteiger partial charge in [-0.1, -0.05) is 25.9 Å². The summed E-state index contributed by atoms with van der Waals surface area (Å²) in [5.41, 5.74) is 0.467. The highest BCUT2D eigenvalue weighted by Crippen LogP contribution is 2.43. The van der Waals surface area contributed by atoms with Crippen LogP contribution in [-0.4, -0.2) is 70.2 Å². The van der Waals surface area contributed by atoms with Gasteiger partial charge in [-0.05, 0) is 43.9 Å². The van der Waals surface area contributed by atoms with Crippen LogP contribution in [0.4, 0.5) is 4.79 Å². The van der Waals surface area contributed by atoms with Crippen molar-refractivity contribution in [2.75, 3.05) is 32.8 Å². The first-order chi connectivity index (χ1) is 14.2. The number of urea groups is 1. The van der Waals surface area contributed by atoms with E-state index in [-0.39, 0.29) is 17.4 Å². The Hall–Kier alpha value is -1.93. The Bertz CT molecular complexity index is 783. The zero-order valence-electron chi connectivity index (χ0n) is 18.7. The fraction of sp³-hybridized carbons (Fsp3) is 0.773. The topological polar surface area (TPSA) is 81.9 Å². The fourth-order valence-corrected chi connectivity index (χ4v) is 5.12. The van der Waals surface area contributed by atoms with Gasteiger partial charge in [0.1, 0.15) is 5.54 Å². The van der Waals surface area contributed by atoms with Crippen molar-refractivity contribution in [1.29, 1.82) is 0 Å². The normalized spacial score (nSPS) is 29.1. The van der Waals surface area contributed by atoms with E-state index in [1.54, 1.807) is 0 Å². The summed E-state index contributed by atoms with van der Waals surface area (Å²) < 4.78 is 5.31. The Balaban J connectivity index is 1.29. The summed E-state index contributed by atoms with van der Waals surface area (Å²) in [7, 11) is 0. The van der Waals surface area contributed by atoms with Gasteiger partial charge in [-0.3, -0.25) is 14.6 Å². The Morgan fingerprint density at radius 3 is 2.33 bits per heavy atom. The first kappa shape index (κ1) is 21.3. The standard InChI is InChI=1S/C22H35N5O3/c1-16-13-18(30-24-16)14-25-9-11-26(12-10-25)15-27-19(28)22(23-20(27)29)7-5-17(6-8-22)21(2,3)4/h13,17H,5-12,14-15H2,1-4H3,(H,23,29). The number of piperazine rings is 1. The number of aryl methyl sites for hydroxylation is 1. The summed E-state index contributed by atoms with van der Waals surface area (Å²) in [6, 6.07) is 1.74. The monoisotopic (exact) mass is 417 g/mol. The van der Waals surface area contributed by atoms with Crippen LogP contribution in [0.2, 0.25) is 0 Å². The summed E-state index contributed by atoms with van der Waals surface area (Å²) in [4.78, 5) is 31.8. The molecule has 2 saturated heterocycles. The molecule has 0 aromatic carbocycles. The summed E-state index contributed by atoms with van der Waals surface area (Å²) in [6.45, 7) is 13.2. The van der Waals surface area contributed by atoms with E-state index in [1.165, 1.54) is 4.90 Å². The molecule has 1 aliphatic carbocycles. The summed E-state index contributed by atoms with van der Waals surface area (Å²) >= 11 is 0. The van der Waals surface area contributed by atoms with Crippen LogP contribution in [0.25, 0.3) is 0 Å². The smallest absolute Gasteiger partial charge is 0.326 e. The van der Waals surface area contributed by atoms with Crippen LogP contribution in [0, 0.1) is 18.3 Å². The number of nitrogens with zero attached hydrogens (tertiary/aromatic N) is 4. The number of carbonyl (C=O) groups excluding carboxylic acids is 2. The zero-order valence-corrected chi connectivity index (χ0v) is 18.7. The van der Waals surface area contributed by atoms with E-state index in [9.17, 15) is 9.59 Å². The number of imide groups is 1. The molecular weight excluding hydrogens is 382 g/mol. The third-order valence-electron chi connectivity index (χ3n) is 7.17. The van der Waals surface area contributed by atoms with Crippen LogP contribution in [0.15, 0.2) is 10.6 Å². The van der Waals surface area contributed by atoms with Gasteiger partial charge >= 0.3 is 6.03 Å². The van der Waals surface area contributed by atoms with E-state index in [4.69, 9.17) is 4.52 Å². The largest absolute Gasteiger partial charge is 0.360 e. The fourth-order valence-electron chi connectivity index (χ4n) is 5.12. The van der Waals surface area contributed by atoms with Crippen molar-refractivity contribution in [3.8, 4) is 0 Å². The first-order valence-electron chi connectivity index (χ1n) is 11.2. The Morgan fingerprint density at radius 1 is 1.13 bits per heavy atom. The highest BCUT2D eigenvalue weighted by molar-refractivity contribution is 6.07. The maximum Gasteiger partial charge on any atom is 0.326 e. The Kier molecular flexibility index (Phi) is 5.66. The maximum absolute atomic E-state index is 13.2. The van der Waals surface area contributed by atoms with E-state index in [0.717, 1.165) is 69.9 Å². The third kappa shape index (κ3) is 4.25. The lowest BCUT2D eigenvalue weighted by atomic mass is 9.67. The van der Waals surface area contributed by atoms with Gasteiger partial charge < -0.3 is 9.84 Å². The minimum atomic E-state index is -0.676. The van der Waals surface area contributed by atoms with E-state index in [2.05, 4.69) is 41.0 Å². The molecule has 3 aliphatic rings. The Labute approximate surface area is 178 Å². The predicted octanol–water partition coefficient (Wildman–Crippen LogP) is 2.59. The van der Waals surface area contributed by atoms with Crippen molar-refractivity contribution >= 4 is 11.9 Å². The molecule has 30 heavy (non-hydrogen) atoms.